The van der Waals surface area contributed by atoms with E-state index in [1.807, 2.05) is 0 Å². The van der Waals surface area contributed by atoms with Gasteiger partial charge < -0.3 is 14.2 Å². The predicted octanol–water partition coefficient (Wildman–Crippen LogP) is 20.2. The zero-order valence-corrected chi connectivity index (χ0v) is 47.1. The second-order valence-electron chi connectivity index (χ2n) is 19.2. The van der Waals surface area contributed by atoms with Crippen LogP contribution in [0.25, 0.3) is 0 Å². The van der Waals surface area contributed by atoms with E-state index in [1.54, 1.807) is 0 Å². The van der Waals surface area contributed by atoms with Crippen LogP contribution >= 0.6 is 0 Å². The Hall–Kier alpha value is -4.45. The van der Waals surface area contributed by atoms with Gasteiger partial charge in [-0.1, -0.05) is 238 Å². The van der Waals surface area contributed by atoms with E-state index in [-0.39, 0.29) is 37.5 Å². The van der Waals surface area contributed by atoms with Crippen molar-refractivity contribution in [3.05, 3.63) is 134 Å². The first-order valence-corrected chi connectivity index (χ1v) is 29.7. The minimum atomic E-state index is -0.815. The highest BCUT2D eigenvalue weighted by atomic mass is 16.6. The number of hydrogen-bond acceptors (Lipinski definition) is 6. The van der Waals surface area contributed by atoms with Crippen LogP contribution in [0.2, 0.25) is 0 Å². The second-order valence-corrected chi connectivity index (χ2v) is 19.2. The van der Waals surface area contributed by atoms with Gasteiger partial charge in [0.05, 0.1) is 0 Å². The number of hydrogen-bond donors (Lipinski definition) is 0. The summed E-state index contributed by atoms with van der Waals surface area (Å²) in [4.78, 5) is 38.2. The molecule has 0 heterocycles. The lowest BCUT2D eigenvalue weighted by molar-refractivity contribution is -0.167. The van der Waals surface area contributed by atoms with Crippen molar-refractivity contribution in [3.8, 4) is 0 Å². The van der Waals surface area contributed by atoms with Crippen LogP contribution in [-0.2, 0) is 28.6 Å². The minimum absolute atomic E-state index is 0.109. The van der Waals surface area contributed by atoms with Crippen molar-refractivity contribution in [2.24, 2.45) is 0 Å². The number of unbranched alkanes of at least 4 members (excludes halogenated alkanes) is 19. The molecule has 0 saturated heterocycles. The quantitative estimate of drug-likeness (QED) is 0.0261. The predicted molar refractivity (Wildman–Crippen MR) is 316 cm³/mol. The third kappa shape index (κ3) is 58.3. The highest BCUT2D eigenvalue weighted by Gasteiger charge is 2.19. The Labute approximate surface area is 449 Å². The number of esters is 3. The van der Waals surface area contributed by atoms with Gasteiger partial charge in [0.2, 0.25) is 0 Å². The van der Waals surface area contributed by atoms with E-state index >= 15 is 0 Å². The van der Waals surface area contributed by atoms with Crippen molar-refractivity contribution in [2.45, 2.75) is 258 Å². The number of carbonyl (C=O) groups is 3. The highest BCUT2D eigenvalue weighted by molar-refractivity contribution is 5.71. The van der Waals surface area contributed by atoms with Crippen LogP contribution < -0.4 is 0 Å². The van der Waals surface area contributed by atoms with Gasteiger partial charge in [0, 0.05) is 19.3 Å². The van der Waals surface area contributed by atoms with Crippen LogP contribution in [0.4, 0.5) is 0 Å². The van der Waals surface area contributed by atoms with E-state index in [1.165, 1.54) is 77.0 Å². The fraction of sp³-hybridized carbons (Fsp3) is 0.627. The standard InChI is InChI=1S/C67H108O6/c1-4-7-10-13-16-19-22-25-27-29-31-32-33-34-36-37-39-42-45-48-51-54-57-60-66(69)72-63-64(62-71-65(68)59-56-53-50-47-44-41-24-21-18-15-12-9-6-3)73-67(70)61-58-55-52-49-46-43-40-38-35-30-28-26-23-20-17-14-11-8-5-2/h7,10,12,15-17,19-21,24-28,31-32,34,36,39,42,48,51,64H,4-6,8-9,11,13-14,18,22-23,29-30,33,35,37-38,40-41,43-47,49-50,52-63H2,1-3H3/b10-7-,15-12-,19-16-,20-17-,24-21-,27-25-,28-26-,32-31-,36-34-,42-39-,51-48-. The molecule has 0 N–H and O–H groups in total. The Morgan fingerprint density at radius 2 is 0.575 bits per heavy atom. The first-order valence-electron chi connectivity index (χ1n) is 29.7. The van der Waals surface area contributed by atoms with Gasteiger partial charge in [-0.05, 0) is 128 Å². The molecule has 73 heavy (non-hydrogen) atoms. The van der Waals surface area contributed by atoms with Crippen molar-refractivity contribution in [2.75, 3.05) is 13.2 Å². The monoisotopic (exact) mass is 1010 g/mol. The zero-order valence-electron chi connectivity index (χ0n) is 47.1. The van der Waals surface area contributed by atoms with Crippen LogP contribution in [0.5, 0.6) is 0 Å². The lowest BCUT2D eigenvalue weighted by atomic mass is 10.1. The van der Waals surface area contributed by atoms with Crippen LogP contribution in [0.15, 0.2) is 134 Å². The first kappa shape index (κ1) is 68.6. The van der Waals surface area contributed by atoms with E-state index in [0.29, 0.717) is 19.3 Å². The minimum Gasteiger partial charge on any atom is -0.462 e. The van der Waals surface area contributed by atoms with Crippen LogP contribution in [0, 0.1) is 0 Å². The fourth-order valence-electron chi connectivity index (χ4n) is 7.68. The summed E-state index contributed by atoms with van der Waals surface area (Å²) in [5.74, 6) is -0.991. The molecule has 0 saturated carbocycles. The summed E-state index contributed by atoms with van der Waals surface area (Å²) in [7, 11) is 0. The van der Waals surface area contributed by atoms with Crippen molar-refractivity contribution in [1.82, 2.24) is 0 Å². The molecule has 6 heteroatoms. The molecule has 412 valence electrons. The highest BCUT2D eigenvalue weighted by Crippen LogP contribution is 2.14. The summed E-state index contributed by atoms with van der Waals surface area (Å²) in [5.41, 5.74) is 0. The molecule has 6 nitrogen and oxygen atoms in total. The number of allylic oxidation sites excluding steroid dienone is 22. The second kappa shape index (κ2) is 60.1. The summed E-state index contributed by atoms with van der Waals surface area (Å²) >= 11 is 0. The lowest BCUT2D eigenvalue weighted by Crippen LogP contribution is -2.30. The summed E-state index contributed by atoms with van der Waals surface area (Å²) in [6.45, 7) is 6.37. The Balaban J connectivity index is 4.50. The normalized spacial score (nSPS) is 13.1. The molecule has 0 radical (unpaired) electrons. The molecule has 0 spiro atoms. The molecular weight excluding hydrogens is 901 g/mol. The molecule has 0 bridgehead atoms. The zero-order chi connectivity index (χ0) is 52.9. The summed E-state index contributed by atoms with van der Waals surface area (Å²) < 4.78 is 16.8. The maximum Gasteiger partial charge on any atom is 0.306 e. The van der Waals surface area contributed by atoms with E-state index < -0.39 is 6.10 Å². The SMILES string of the molecule is CC/C=C\C/C=C\C/C=C\C/C=C\C/C=C\C/C=C\C/C=C\CCCC(=O)OCC(COC(=O)CCCCCCC/C=C\C/C=C\CCC)OC(=O)CCCCCCCCCCC/C=C\C/C=C\CCCCC. The molecule has 1 atom stereocenters. The van der Waals surface area contributed by atoms with Gasteiger partial charge in [0.25, 0.3) is 0 Å². The maximum absolute atomic E-state index is 12.9. The molecule has 0 aliphatic carbocycles. The van der Waals surface area contributed by atoms with Crippen molar-refractivity contribution in [3.63, 3.8) is 0 Å². The van der Waals surface area contributed by atoms with E-state index in [9.17, 15) is 14.4 Å². The topological polar surface area (TPSA) is 78.9 Å². The van der Waals surface area contributed by atoms with E-state index in [0.717, 1.165) is 128 Å². The Morgan fingerprint density at radius 3 is 0.945 bits per heavy atom. The Morgan fingerprint density at radius 1 is 0.288 bits per heavy atom. The molecule has 0 aromatic carbocycles. The molecule has 0 aromatic rings. The largest absolute Gasteiger partial charge is 0.462 e. The van der Waals surface area contributed by atoms with Gasteiger partial charge in [-0.3, -0.25) is 14.4 Å². The van der Waals surface area contributed by atoms with Gasteiger partial charge in [-0.25, -0.2) is 0 Å². The molecular formula is C67H108O6. The van der Waals surface area contributed by atoms with E-state index in [2.05, 4.69) is 154 Å². The average molecular weight is 1010 g/mol. The van der Waals surface area contributed by atoms with Crippen LogP contribution in [0.3, 0.4) is 0 Å². The molecule has 1 unspecified atom stereocenters. The van der Waals surface area contributed by atoms with Crippen molar-refractivity contribution >= 4 is 17.9 Å². The van der Waals surface area contributed by atoms with Gasteiger partial charge in [0.15, 0.2) is 6.10 Å². The van der Waals surface area contributed by atoms with E-state index in [4.69, 9.17) is 14.2 Å². The Bertz CT molecular complexity index is 1580. The molecule has 0 amide bonds. The third-order valence-corrected chi connectivity index (χ3v) is 12.1. The van der Waals surface area contributed by atoms with Crippen molar-refractivity contribution < 1.29 is 28.6 Å². The van der Waals surface area contributed by atoms with Gasteiger partial charge in [0.1, 0.15) is 13.2 Å². The summed E-state index contributed by atoms with van der Waals surface area (Å²) in [5, 5.41) is 0. The molecule has 0 aromatic heterocycles. The molecule has 0 rings (SSSR count). The van der Waals surface area contributed by atoms with Crippen LogP contribution in [0.1, 0.15) is 252 Å². The fourth-order valence-corrected chi connectivity index (χ4v) is 7.68. The van der Waals surface area contributed by atoms with Gasteiger partial charge >= 0.3 is 17.9 Å². The number of rotatable bonds is 52. The van der Waals surface area contributed by atoms with Gasteiger partial charge in [-0.15, -0.1) is 0 Å². The molecule has 0 aliphatic rings. The summed E-state index contributed by atoms with van der Waals surface area (Å²) in [6, 6.07) is 0. The van der Waals surface area contributed by atoms with Crippen LogP contribution in [-0.4, -0.2) is 37.2 Å². The molecule has 0 aliphatic heterocycles. The lowest BCUT2D eigenvalue weighted by Gasteiger charge is -2.18. The smallest absolute Gasteiger partial charge is 0.306 e. The van der Waals surface area contributed by atoms with Crippen molar-refractivity contribution in [1.29, 1.82) is 0 Å². The van der Waals surface area contributed by atoms with Gasteiger partial charge in [-0.2, -0.15) is 0 Å². The average Bonchev–Trinajstić information content (AvgIpc) is 3.39. The summed E-state index contributed by atoms with van der Waals surface area (Å²) in [6.07, 6.45) is 84.5. The molecule has 0 fully saturated rings. The first-order chi connectivity index (χ1) is 36.0. The third-order valence-electron chi connectivity index (χ3n) is 12.1. The Kier molecular flexibility index (Phi) is 56.4. The number of ether oxygens (including phenoxy) is 3. The number of carbonyl (C=O) groups excluding carboxylic acids is 3. The maximum atomic E-state index is 12.9.